The van der Waals surface area contributed by atoms with E-state index in [0.717, 1.165) is 38.0 Å². The average molecular weight is 503 g/mol. The van der Waals surface area contributed by atoms with Gasteiger partial charge in [0.2, 0.25) is 5.91 Å². The number of carbonyl (C=O) groups is 2. The predicted molar refractivity (Wildman–Crippen MR) is 135 cm³/mol. The minimum atomic E-state index is -0.317. The third kappa shape index (κ3) is 6.73. The van der Waals surface area contributed by atoms with Gasteiger partial charge in [0, 0.05) is 31.1 Å². The van der Waals surface area contributed by atoms with Gasteiger partial charge in [0.05, 0.1) is 6.04 Å². The van der Waals surface area contributed by atoms with Crippen molar-refractivity contribution in [2.24, 2.45) is 0 Å². The lowest BCUT2D eigenvalue weighted by atomic mass is 10.0. The molecular formula is C26H35FN4O3S. The fraction of sp³-hybridized carbons (Fsp3) is 0.538. The quantitative estimate of drug-likeness (QED) is 0.535. The molecule has 1 fully saturated rings. The van der Waals surface area contributed by atoms with E-state index in [1.54, 1.807) is 28.4 Å². The molecule has 190 valence electrons. The van der Waals surface area contributed by atoms with Crippen LogP contribution in [-0.2, 0) is 11.2 Å². The Balaban J connectivity index is 1.45. The number of amides is 3. The Kier molecular flexibility index (Phi) is 8.98. The Morgan fingerprint density at radius 2 is 1.94 bits per heavy atom. The molecule has 1 N–H and O–H groups in total. The molecule has 1 atom stereocenters. The van der Waals surface area contributed by atoms with Crippen molar-refractivity contribution in [3.8, 4) is 5.75 Å². The number of halogens is 1. The zero-order valence-corrected chi connectivity index (χ0v) is 21.2. The molecule has 2 aromatic rings. The maximum atomic E-state index is 13.6. The molecule has 0 spiro atoms. The molecule has 1 aromatic heterocycles. The molecule has 0 bridgehead atoms. The summed E-state index contributed by atoms with van der Waals surface area (Å²) in [5.74, 6) is 0.164. The first-order valence-electron chi connectivity index (χ1n) is 12.5. The molecule has 3 heterocycles. The first-order valence-corrected chi connectivity index (χ1v) is 13.4. The van der Waals surface area contributed by atoms with Crippen LogP contribution in [0, 0.1) is 5.82 Å². The second-order valence-corrected chi connectivity index (χ2v) is 10.1. The van der Waals surface area contributed by atoms with Crippen molar-refractivity contribution < 1.29 is 18.7 Å². The smallest absolute Gasteiger partial charge is 0.317 e. The van der Waals surface area contributed by atoms with Crippen molar-refractivity contribution in [2.75, 3.05) is 52.4 Å². The van der Waals surface area contributed by atoms with Crippen LogP contribution in [0.5, 0.6) is 5.75 Å². The highest BCUT2D eigenvalue weighted by molar-refractivity contribution is 7.10. The van der Waals surface area contributed by atoms with Gasteiger partial charge >= 0.3 is 6.03 Å². The summed E-state index contributed by atoms with van der Waals surface area (Å²) in [4.78, 5) is 33.5. The highest BCUT2D eigenvalue weighted by atomic mass is 32.1. The molecule has 1 saturated heterocycles. The first kappa shape index (κ1) is 25.4. The first-order chi connectivity index (χ1) is 17.0. The molecule has 2 aliphatic heterocycles. The Bertz CT molecular complexity index is 977. The van der Waals surface area contributed by atoms with E-state index >= 15 is 0 Å². The largest absolute Gasteiger partial charge is 0.491 e. The van der Waals surface area contributed by atoms with Gasteiger partial charge in [0.1, 0.15) is 24.7 Å². The van der Waals surface area contributed by atoms with E-state index in [-0.39, 0.29) is 36.9 Å². The van der Waals surface area contributed by atoms with Crippen molar-refractivity contribution in [1.82, 2.24) is 20.0 Å². The van der Waals surface area contributed by atoms with E-state index in [1.165, 1.54) is 29.9 Å². The summed E-state index contributed by atoms with van der Waals surface area (Å²) in [6, 6.07) is 7.53. The van der Waals surface area contributed by atoms with E-state index in [1.807, 2.05) is 17.2 Å². The number of rotatable bonds is 10. The number of carbonyl (C=O) groups excluding carboxylic acids is 2. The van der Waals surface area contributed by atoms with Crippen molar-refractivity contribution >= 4 is 23.3 Å². The van der Waals surface area contributed by atoms with Crippen molar-refractivity contribution in [3.05, 3.63) is 52.0 Å². The summed E-state index contributed by atoms with van der Waals surface area (Å²) in [6.07, 6.45) is 4.01. The van der Waals surface area contributed by atoms with Crippen LogP contribution in [0.1, 0.15) is 42.7 Å². The van der Waals surface area contributed by atoms with Crippen LogP contribution in [-0.4, -0.2) is 79.1 Å². The lowest BCUT2D eigenvalue weighted by molar-refractivity contribution is -0.135. The number of fused-ring (bicyclic) bond motifs is 1. The van der Waals surface area contributed by atoms with Crippen LogP contribution >= 0.6 is 11.3 Å². The number of benzene rings is 1. The SMILES string of the molecule is CCCNC(=O)N(CCN1CCCC1)CC(=O)N1CCc2sccc2C1COc1ccc(F)cc1. The van der Waals surface area contributed by atoms with Gasteiger partial charge in [-0.3, -0.25) is 4.79 Å². The van der Waals surface area contributed by atoms with Crippen LogP contribution in [0.15, 0.2) is 35.7 Å². The highest BCUT2D eigenvalue weighted by Crippen LogP contribution is 2.34. The zero-order chi connectivity index (χ0) is 24.6. The number of hydrogen-bond donors (Lipinski definition) is 1. The summed E-state index contributed by atoms with van der Waals surface area (Å²) in [5, 5.41) is 4.98. The van der Waals surface area contributed by atoms with Crippen LogP contribution in [0.4, 0.5) is 9.18 Å². The lowest BCUT2D eigenvalue weighted by Crippen LogP contribution is -2.51. The molecule has 0 radical (unpaired) electrons. The Labute approximate surface area is 210 Å². The molecule has 0 saturated carbocycles. The number of nitrogens with one attached hydrogen (secondary N) is 1. The average Bonchev–Trinajstić information content (AvgIpc) is 3.56. The second-order valence-electron chi connectivity index (χ2n) is 9.12. The Morgan fingerprint density at radius 1 is 1.17 bits per heavy atom. The molecule has 2 aliphatic rings. The highest BCUT2D eigenvalue weighted by Gasteiger charge is 2.33. The van der Waals surface area contributed by atoms with Crippen molar-refractivity contribution in [2.45, 2.75) is 38.6 Å². The molecular weight excluding hydrogens is 467 g/mol. The maximum absolute atomic E-state index is 13.6. The van der Waals surface area contributed by atoms with Crippen molar-refractivity contribution in [1.29, 1.82) is 0 Å². The lowest BCUT2D eigenvalue weighted by Gasteiger charge is -2.37. The van der Waals surface area contributed by atoms with Gasteiger partial charge in [-0.05, 0) is 80.0 Å². The van der Waals surface area contributed by atoms with Gasteiger partial charge < -0.3 is 24.8 Å². The fourth-order valence-electron chi connectivity index (χ4n) is 4.70. The van der Waals surface area contributed by atoms with Gasteiger partial charge in [-0.2, -0.15) is 0 Å². The van der Waals surface area contributed by atoms with Crippen molar-refractivity contribution in [3.63, 3.8) is 0 Å². The number of nitrogens with zero attached hydrogens (tertiary/aromatic N) is 3. The van der Waals surface area contributed by atoms with E-state index in [0.29, 0.717) is 25.4 Å². The van der Waals surface area contributed by atoms with E-state index in [4.69, 9.17) is 4.74 Å². The number of ether oxygens (including phenoxy) is 1. The van der Waals surface area contributed by atoms with Gasteiger partial charge in [-0.25, -0.2) is 9.18 Å². The van der Waals surface area contributed by atoms with Gasteiger partial charge in [-0.15, -0.1) is 11.3 Å². The molecule has 35 heavy (non-hydrogen) atoms. The molecule has 9 heteroatoms. The van der Waals surface area contributed by atoms with Crippen LogP contribution in [0.25, 0.3) is 0 Å². The number of likely N-dealkylation sites (tertiary alicyclic amines) is 1. The minimum absolute atomic E-state index is 0.0376. The van der Waals surface area contributed by atoms with Gasteiger partial charge in [0.15, 0.2) is 0 Å². The van der Waals surface area contributed by atoms with Crippen LogP contribution in [0.3, 0.4) is 0 Å². The summed E-state index contributed by atoms with van der Waals surface area (Å²) in [6.45, 7) is 6.89. The second kappa shape index (κ2) is 12.4. The molecule has 7 nitrogen and oxygen atoms in total. The summed E-state index contributed by atoms with van der Waals surface area (Å²) < 4.78 is 19.3. The van der Waals surface area contributed by atoms with E-state index in [2.05, 4.69) is 16.3 Å². The van der Waals surface area contributed by atoms with E-state index in [9.17, 15) is 14.0 Å². The monoisotopic (exact) mass is 502 g/mol. The molecule has 0 aliphatic carbocycles. The Morgan fingerprint density at radius 3 is 2.69 bits per heavy atom. The van der Waals surface area contributed by atoms with Crippen LogP contribution in [0.2, 0.25) is 0 Å². The van der Waals surface area contributed by atoms with Gasteiger partial charge in [-0.1, -0.05) is 6.92 Å². The third-order valence-electron chi connectivity index (χ3n) is 6.66. The third-order valence-corrected chi connectivity index (χ3v) is 7.66. The van der Waals surface area contributed by atoms with Gasteiger partial charge in [0.25, 0.3) is 0 Å². The zero-order valence-electron chi connectivity index (χ0n) is 20.4. The maximum Gasteiger partial charge on any atom is 0.317 e. The topological polar surface area (TPSA) is 65.1 Å². The van der Waals surface area contributed by atoms with E-state index < -0.39 is 0 Å². The summed E-state index contributed by atoms with van der Waals surface area (Å²) >= 11 is 1.69. The number of urea groups is 1. The molecule has 1 aromatic carbocycles. The number of thiophene rings is 1. The molecule has 1 unspecified atom stereocenters. The molecule has 3 amide bonds. The summed E-state index contributed by atoms with van der Waals surface area (Å²) in [5.41, 5.74) is 1.09. The number of hydrogen-bond acceptors (Lipinski definition) is 5. The Hall–Kier alpha value is -2.65. The summed E-state index contributed by atoms with van der Waals surface area (Å²) in [7, 11) is 0. The fourth-order valence-corrected chi connectivity index (χ4v) is 5.63. The predicted octanol–water partition coefficient (Wildman–Crippen LogP) is 3.91. The normalized spacial score (nSPS) is 17.8. The van der Waals surface area contributed by atoms with Crippen LogP contribution < -0.4 is 10.1 Å². The molecule has 4 rings (SSSR count). The standard InChI is InChI=1S/C26H35FN4O3S/c1-2-11-28-26(33)30(16-15-29-12-3-4-13-29)18-25(32)31-14-9-24-22(10-17-35-24)23(31)19-34-21-7-5-20(27)6-8-21/h5-8,10,17,23H,2-4,9,11-16,18-19H2,1H3,(H,28,33). The minimum Gasteiger partial charge on any atom is -0.491 e.